The lowest BCUT2D eigenvalue weighted by Gasteiger charge is -2.18. The third-order valence-electron chi connectivity index (χ3n) is 3.70. The molecule has 1 fully saturated rings. The summed E-state index contributed by atoms with van der Waals surface area (Å²) in [5.74, 6) is 0.585. The molecule has 124 valence electrons. The summed E-state index contributed by atoms with van der Waals surface area (Å²) >= 11 is 0. The normalized spacial score (nSPS) is 20.0. The van der Waals surface area contributed by atoms with Crippen LogP contribution in [-0.4, -0.2) is 60.0 Å². The largest absolute Gasteiger partial charge is 0.497 e. The van der Waals surface area contributed by atoms with Crippen LogP contribution in [0, 0.1) is 0 Å². The van der Waals surface area contributed by atoms with Crippen molar-refractivity contribution in [3.05, 3.63) is 18.2 Å². The maximum atomic E-state index is 12.8. The van der Waals surface area contributed by atoms with Crippen molar-refractivity contribution in [3.63, 3.8) is 0 Å². The van der Waals surface area contributed by atoms with E-state index in [4.69, 9.17) is 9.47 Å². The van der Waals surface area contributed by atoms with Crippen LogP contribution in [0.15, 0.2) is 23.1 Å². The molecular weight excluding hydrogens is 330 g/mol. The van der Waals surface area contributed by atoms with Gasteiger partial charge in [0.05, 0.1) is 19.5 Å². The summed E-state index contributed by atoms with van der Waals surface area (Å²) < 4.78 is 60.0. The molecule has 22 heavy (non-hydrogen) atoms. The second-order valence-corrected chi connectivity index (χ2v) is 9.35. The first-order chi connectivity index (χ1) is 10.2. The number of hydrogen-bond donors (Lipinski definition) is 0. The Morgan fingerprint density at radius 3 is 2.32 bits per heavy atom. The summed E-state index contributed by atoms with van der Waals surface area (Å²) in [4.78, 5) is -0.0245. The molecule has 1 saturated heterocycles. The van der Waals surface area contributed by atoms with Gasteiger partial charge in [0.1, 0.15) is 16.4 Å². The molecular formula is C13H19NO6S2. The third kappa shape index (κ3) is 3.21. The predicted octanol–water partition coefficient (Wildman–Crippen LogP) is 0.511. The van der Waals surface area contributed by atoms with Crippen molar-refractivity contribution in [1.82, 2.24) is 4.31 Å². The minimum atomic E-state index is -3.84. The number of methoxy groups -OCH3 is 2. The fraction of sp³-hybridized carbons (Fsp3) is 0.538. The number of rotatable bonds is 5. The summed E-state index contributed by atoms with van der Waals surface area (Å²) in [5.41, 5.74) is 0. The molecule has 0 aliphatic carbocycles. The van der Waals surface area contributed by atoms with Crippen molar-refractivity contribution in [2.24, 2.45) is 0 Å². The Labute approximate surface area is 130 Å². The van der Waals surface area contributed by atoms with Crippen LogP contribution < -0.4 is 9.47 Å². The van der Waals surface area contributed by atoms with Gasteiger partial charge in [-0.05, 0) is 18.6 Å². The van der Waals surface area contributed by atoms with Gasteiger partial charge in [0.2, 0.25) is 10.0 Å². The lowest BCUT2D eigenvalue weighted by Crippen LogP contribution is -2.31. The molecule has 0 bridgehead atoms. The Kier molecular flexibility index (Phi) is 4.69. The zero-order valence-electron chi connectivity index (χ0n) is 12.6. The molecule has 1 aliphatic heterocycles. The van der Waals surface area contributed by atoms with E-state index in [0.717, 1.165) is 6.26 Å². The summed E-state index contributed by atoms with van der Waals surface area (Å²) in [6.07, 6.45) is 1.42. The Morgan fingerprint density at radius 2 is 1.82 bits per heavy atom. The zero-order valence-corrected chi connectivity index (χ0v) is 14.3. The SMILES string of the molecule is COc1ccc(OC)c(S(=O)(=O)N2CCC(S(C)(=O)=O)C2)c1. The molecule has 0 aromatic heterocycles. The van der Waals surface area contributed by atoms with Crippen molar-refractivity contribution in [3.8, 4) is 11.5 Å². The van der Waals surface area contributed by atoms with Crippen molar-refractivity contribution < 1.29 is 26.3 Å². The Morgan fingerprint density at radius 1 is 1.14 bits per heavy atom. The van der Waals surface area contributed by atoms with E-state index in [-0.39, 0.29) is 23.7 Å². The number of nitrogens with zero attached hydrogens (tertiary/aromatic N) is 1. The van der Waals surface area contributed by atoms with E-state index in [0.29, 0.717) is 12.2 Å². The maximum absolute atomic E-state index is 12.8. The maximum Gasteiger partial charge on any atom is 0.246 e. The number of hydrogen-bond acceptors (Lipinski definition) is 6. The Hall–Kier alpha value is -1.32. The zero-order chi connectivity index (χ0) is 16.5. The molecule has 1 aliphatic rings. The molecule has 9 heteroatoms. The van der Waals surface area contributed by atoms with Gasteiger partial charge in [0.25, 0.3) is 0 Å². The van der Waals surface area contributed by atoms with Crippen LogP contribution in [-0.2, 0) is 19.9 Å². The average Bonchev–Trinajstić information content (AvgIpc) is 2.97. The van der Waals surface area contributed by atoms with Gasteiger partial charge in [-0.3, -0.25) is 0 Å². The van der Waals surface area contributed by atoms with Crippen molar-refractivity contribution in [1.29, 1.82) is 0 Å². The van der Waals surface area contributed by atoms with Gasteiger partial charge in [-0.1, -0.05) is 0 Å². The topological polar surface area (TPSA) is 90.0 Å². The fourth-order valence-electron chi connectivity index (χ4n) is 2.39. The number of sulfone groups is 1. The van der Waals surface area contributed by atoms with Crippen molar-refractivity contribution >= 4 is 19.9 Å². The minimum absolute atomic E-state index is 0.0245. The lowest BCUT2D eigenvalue weighted by atomic mass is 10.3. The first-order valence-electron chi connectivity index (χ1n) is 6.61. The molecule has 1 aromatic carbocycles. The predicted molar refractivity (Wildman–Crippen MR) is 81.6 cm³/mol. The van der Waals surface area contributed by atoms with Crippen molar-refractivity contribution in [2.45, 2.75) is 16.6 Å². The minimum Gasteiger partial charge on any atom is -0.497 e. The van der Waals surface area contributed by atoms with E-state index in [2.05, 4.69) is 0 Å². The molecule has 1 atom stereocenters. The molecule has 2 rings (SSSR count). The van der Waals surface area contributed by atoms with Crippen LogP contribution in [0.1, 0.15) is 6.42 Å². The molecule has 0 N–H and O–H groups in total. The molecule has 7 nitrogen and oxygen atoms in total. The lowest BCUT2D eigenvalue weighted by molar-refractivity contribution is 0.388. The van der Waals surface area contributed by atoms with Crippen LogP contribution in [0.2, 0.25) is 0 Å². The highest BCUT2D eigenvalue weighted by atomic mass is 32.2. The van der Waals surface area contributed by atoms with Gasteiger partial charge in [0, 0.05) is 25.4 Å². The number of benzene rings is 1. The summed E-state index contributed by atoms with van der Waals surface area (Å²) in [6.45, 7) is 0.127. The van der Waals surface area contributed by atoms with Crippen LogP contribution in [0.25, 0.3) is 0 Å². The summed E-state index contributed by atoms with van der Waals surface area (Å²) in [6, 6.07) is 4.49. The van der Waals surface area contributed by atoms with E-state index in [1.54, 1.807) is 6.07 Å². The van der Waals surface area contributed by atoms with Gasteiger partial charge >= 0.3 is 0 Å². The highest BCUT2D eigenvalue weighted by molar-refractivity contribution is 7.91. The van der Waals surface area contributed by atoms with Crippen LogP contribution in [0.5, 0.6) is 11.5 Å². The molecule has 0 amide bonds. The molecule has 1 heterocycles. The van der Waals surface area contributed by atoms with Gasteiger partial charge in [0.15, 0.2) is 9.84 Å². The molecule has 0 saturated carbocycles. The number of ether oxygens (including phenoxy) is 2. The first kappa shape index (κ1) is 17.0. The Bertz CT molecular complexity index is 757. The first-order valence-corrected chi connectivity index (χ1v) is 10.0. The second-order valence-electron chi connectivity index (χ2n) is 5.12. The smallest absolute Gasteiger partial charge is 0.246 e. The fourth-order valence-corrected chi connectivity index (χ4v) is 5.14. The van der Waals surface area contributed by atoms with Crippen LogP contribution >= 0.6 is 0 Å². The van der Waals surface area contributed by atoms with Crippen molar-refractivity contribution in [2.75, 3.05) is 33.6 Å². The quantitative estimate of drug-likeness (QED) is 0.769. The second kappa shape index (κ2) is 6.05. The molecule has 0 spiro atoms. The van der Waals surface area contributed by atoms with Gasteiger partial charge in [-0.15, -0.1) is 0 Å². The van der Waals surface area contributed by atoms with Crippen LogP contribution in [0.4, 0.5) is 0 Å². The van der Waals surface area contributed by atoms with Gasteiger partial charge < -0.3 is 9.47 Å². The van der Waals surface area contributed by atoms with E-state index >= 15 is 0 Å². The van der Waals surface area contributed by atoms with E-state index in [9.17, 15) is 16.8 Å². The van der Waals surface area contributed by atoms with Gasteiger partial charge in [-0.25, -0.2) is 16.8 Å². The molecule has 1 aromatic rings. The van der Waals surface area contributed by atoms with Crippen LogP contribution in [0.3, 0.4) is 0 Å². The van der Waals surface area contributed by atoms with E-state index in [1.165, 1.54) is 30.7 Å². The average molecular weight is 349 g/mol. The van der Waals surface area contributed by atoms with Gasteiger partial charge in [-0.2, -0.15) is 4.31 Å². The highest BCUT2D eigenvalue weighted by Gasteiger charge is 2.38. The van der Waals surface area contributed by atoms with E-state index < -0.39 is 25.1 Å². The standard InChI is InChI=1S/C13H19NO6S2/c1-19-10-4-5-12(20-2)13(8-10)22(17,18)14-7-6-11(9-14)21(3,15)16/h4-5,8,11H,6-7,9H2,1-3H3. The molecule has 1 unspecified atom stereocenters. The Balaban J connectivity index is 2.40. The molecule has 0 radical (unpaired) electrons. The number of sulfonamides is 1. The summed E-state index contributed by atoms with van der Waals surface area (Å²) in [5, 5.41) is -0.668. The summed E-state index contributed by atoms with van der Waals surface area (Å²) in [7, 11) is -4.29. The monoisotopic (exact) mass is 349 g/mol. The van der Waals surface area contributed by atoms with E-state index in [1.807, 2.05) is 0 Å². The highest BCUT2D eigenvalue weighted by Crippen LogP contribution is 2.32. The third-order valence-corrected chi connectivity index (χ3v) is 7.18.